The molecule has 1 unspecified atom stereocenters. The minimum atomic E-state index is -0.508. The smallest absolute Gasteiger partial charge is 0.322 e. The number of thiol groups is 1. The van der Waals surface area contributed by atoms with Crippen LogP contribution in [0.25, 0.3) is 0 Å². The van der Waals surface area contributed by atoms with E-state index in [0.29, 0.717) is 24.7 Å². The van der Waals surface area contributed by atoms with E-state index in [0.717, 1.165) is 12.8 Å². The van der Waals surface area contributed by atoms with Crippen LogP contribution in [0.5, 0.6) is 0 Å². The summed E-state index contributed by atoms with van der Waals surface area (Å²) in [4.78, 5) is 11.2. The molecule has 2 N–H and O–H groups in total. The van der Waals surface area contributed by atoms with Crippen LogP contribution < -0.4 is 5.73 Å². The van der Waals surface area contributed by atoms with Crippen molar-refractivity contribution in [3.8, 4) is 0 Å². The van der Waals surface area contributed by atoms with Gasteiger partial charge in [-0.2, -0.15) is 12.6 Å². The molecule has 0 aromatic heterocycles. The Hall–Kier alpha value is -0.220. The van der Waals surface area contributed by atoms with Crippen molar-refractivity contribution < 1.29 is 9.53 Å². The van der Waals surface area contributed by atoms with Gasteiger partial charge in [-0.05, 0) is 30.9 Å². The van der Waals surface area contributed by atoms with Gasteiger partial charge >= 0.3 is 5.97 Å². The van der Waals surface area contributed by atoms with Crippen LogP contribution in [0.1, 0.15) is 33.1 Å². The lowest BCUT2D eigenvalue weighted by molar-refractivity contribution is -0.145. The molecule has 0 saturated carbocycles. The van der Waals surface area contributed by atoms with Crippen molar-refractivity contribution >= 4 is 18.6 Å². The molecule has 0 fully saturated rings. The Balaban J connectivity index is 3.44. The first-order valence-electron chi connectivity index (χ1n) is 5.11. The predicted octanol–water partition coefficient (Wildman–Crippen LogP) is 1.61. The zero-order valence-electron chi connectivity index (χ0n) is 9.03. The summed E-state index contributed by atoms with van der Waals surface area (Å²) in [7, 11) is 0. The van der Waals surface area contributed by atoms with Gasteiger partial charge in [-0.1, -0.05) is 13.8 Å². The van der Waals surface area contributed by atoms with E-state index in [1.807, 2.05) is 0 Å². The number of hydrogen-bond acceptors (Lipinski definition) is 4. The largest absolute Gasteiger partial charge is 0.465 e. The van der Waals surface area contributed by atoms with Gasteiger partial charge < -0.3 is 10.5 Å². The number of hydrogen-bond donors (Lipinski definition) is 2. The molecule has 14 heavy (non-hydrogen) atoms. The van der Waals surface area contributed by atoms with Gasteiger partial charge in [-0.3, -0.25) is 4.79 Å². The van der Waals surface area contributed by atoms with Crippen molar-refractivity contribution in [2.75, 3.05) is 12.4 Å². The first-order valence-corrected chi connectivity index (χ1v) is 5.74. The fourth-order valence-corrected chi connectivity index (χ4v) is 1.31. The molecule has 0 aliphatic heterocycles. The second-order valence-corrected chi connectivity index (χ2v) is 4.27. The molecule has 0 aliphatic carbocycles. The molecule has 0 aliphatic rings. The second-order valence-electron chi connectivity index (χ2n) is 3.82. The van der Waals surface area contributed by atoms with E-state index < -0.39 is 6.04 Å². The van der Waals surface area contributed by atoms with Crippen LogP contribution in [0.2, 0.25) is 0 Å². The van der Waals surface area contributed by atoms with Crippen molar-refractivity contribution in [2.24, 2.45) is 11.7 Å². The SMILES string of the molecule is CC(C)CCCOC(=O)C(N)CCS. The lowest BCUT2D eigenvalue weighted by atomic mass is 10.1. The van der Waals surface area contributed by atoms with Gasteiger partial charge in [-0.15, -0.1) is 0 Å². The zero-order valence-corrected chi connectivity index (χ0v) is 9.93. The zero-order chi connectivity index (χ0) is 11.0. The molecule has 1 atom stereocenters. The molecule has 0 amide bonds. The van der Waals surface area contributed by atoms with Crippen LogP contribution in [0.4, 0.5) is 0 Å². The van der Waals surface area contributed by atoms with Gasteiger partial charge in [0.25, 0.3) is 0 Å². The molecule has 0 heterocycles. The fraction of sp³-hybridized carbons (Fsp3) is 0.900. The highest BCUT2D eigenvalue weighted by Crippen LogP contribution is 2.04. The Bertz CT molecular complexity index is 162. The van der Waals surface area contributed by atoms with Gasteiger partial charge in [0.15, 0.2) is 0 Å². The fourth-order valence-electron chi connectivity index (χ4n) is 1.03. The lowest BCUT2D eigenvalue weighted by Gasteiger charge is -2.10. The highest BCUT2D eigenvalue weighted by atomic mass is 32.1. The van der Waals surface area contributed by atoms with E-state index in [2.05, 4.69) is 26.5 Å². The average molecular weight is 219 g/mol. The quantitative estimate of drug-likeness (QED) is 0.388. The maximum Gasteiger partial charge on any atom is 0.322 e. The minimum Gasteiger partial charge on any atom is -0.465 e. The Morgan fingerprint density at radius 1 is 1.43 bits per heavy atom. The topological polar surface area (TPSA) is 52.3 Å². The van der Waals surface area contributed by atoms with Crippen molar-refractivity contribution in [3.63, 3.8) is 0 Å². The van der Waals surface area contributed by atoms with E-state index in [1.165, 1.54) is 0 Å². The summed E-state index contributed by atoms with van der Waals surface area (Å²) < 4.78 is 5.01. The number of carbonyl (C=O) groups is 1. The molecule has 0 rings (SSSR count). The summed E-state index contributed by atoms with van der Waals surface area (Å²) in [5, 5.41) is 0. The molecule has 84 valence electrons. The monoisotopic (exact) mass is 219 g/mol. The summed E-state index contributed by atoms with van der Waals surface area (Å²) in [5.41, 5.74) is 5.55. The molecule has 0 aromatic carbocycles. The Labute approximate surface area is 91.8 Å². The van der Waals surface area contributed by atoms with Gasteiger partial charge in [0.1, 0.15) is 6.04 Å². The van der Waals surface area contributed by atoms with Crippen LogP contribution in [0.3, 0.4) is 0 Å². The summed E-state index contributed by atoms with van der Waals surface area (Å²) >= 11 is 4.00. The highest BCUT2D eigenvalue weighted by molar-refractivity contribution is 7.80. The van der Waals surface area contributed by atoms with E-state index >= 15 is 0 Å². The van der Waals surface area contributed by atoms with Crippen LogP contribution >= 0.6 is 12.6 Å². The van der Waals surface area contributed by atoms with E-state index in [1.54, 1.807) is 0 Å². The van der Waals surface area contributed by atoms with Gasteiger partial charge in [0.05, 0.1) is 6.61 Å². The standard InChI is InChI=1S/C10H21NO2S/c1-8(2)4-3-6-13-10(12)9(11)5-7-14/h8-9,14H,3-7,11H2,1-2H3. The van der Waals surface area contributed by atoms with Gasteiger partial charge in [-0.25, -0.2) is 0 Å². The van der Waals surface area contributed by atoms with Crippen LogP contribution in [0, 0.1) is 5.92 Å². The normalized spacial score (nSPS) is 12.9. The summed E-state index contributed by atoms with van der Waals surface area (Å²) in [6.45, 7) is 4.78. The molecule has 4 heteroatoms. The number of rotatable bonds is 7. The summed E-state index contributed by atoms with van der Waals surface area (Å²) in [6, 6.07) is -0.508. The number of esters is 1. The Morgan fingerprint density at radius 3 is 2.57 bits per heavy atom. The number of carbonyl (C=O) groups excluding carboxylic acids is 1. The third-order valence-corrected chi connectivity index (χ3v) is 2.17. The maximum absolute atomic E-state index is 11.2. The molecular formula is C10H21NO2S. The van der Waals surface area contributed by atoms with Crippen LogP contribution in [0.15, 0.2) is 0 Å². The molecule has 0 aromatic rings. The first kappa shape index (κ1) is 13.8. The van der Waals surface area contributed by atoms with Crippen LogP contribution in [-0.4, -0.2) is 24.4 Å². The second kappa shape index (κ2) is 8.12. The lowest BCUT2D eigenvalue weighted by Crippen LogP contribution is -2.32. The third kappa shape index (κ3) is 7.21. The molecular weight excluding hydrogens is 198 g/mol. The van der Waals surface area contributed by atoms with Crippen LogP contribution in [-0.2, 0) is 9.53 Å². The van der Waals surface area contributed by atoms with Crippen molar-refractivity contribution in [2.45, 2.75) is 39.2 Å². The van der Waals surface area contributed by atoms with Crippen molar-refractivity contribution in [3.05, 3.63) is 0 Å². The minimum absolute atomic E-state index is 0.303. The summed E-state index contributed by atoms with van der Waals surface area (Å²) in [5.74, 6) is 0.963. The summed E-state index contributed by atoms with van der Waals surface area (Å²) in [6.07, 6.45) is 2.57. The third-order valence-electron chi connectivity index (χ3n) is 1.91. The highest BCUT2D eigenvalue weighted by Gasteiger charge is 2.13. The van der Waals surface area contributed by atoms with E-state index in [9.17, 15) is 4.79 Å². The Morgan fingerprint density at radius 2 is 2.07 bits per heavy atom. The van der Waals surface area contributed by atoms with E-state index in [4.69, 9.17) is 10.5 Å². The molecule has 3 nitrogen and oxygen atoms in total. The molecule has 0 radical (unpaired) electrons. The van der Waals surface area contributed by atoms with Gasteiger partial charge in [0.2, 0.25) is 0 Å². The predicted molar refractivity (Wildman–Crippen MR) is 61.5 cm³/mol. The molecule has 0 saturated heterocycles. The molecule has 0 bridgehead atoms. The van der Waals surface area contributed by atoms with Gasteiger partial charge in [0, 0.05) is 0 Å². The van der Waals surface area contributed by atoms with Crippen molar-refractivity contribution in [1.29, 1.82) is 0 Å². The average Bonchev–Trinajstić information content (AvgIpc) is 2.12. The molecule has 0 spiro atoms. The maximum atomic E-state index is 11.2. The number of ether oxygens (including phenoxy) is 1. The first-order chi connectivity index (χ1) is 6.57. The number of nitrogens with two attached hydrogens (primary N) is 1. The van der Waals surface area contributed by atoms with E-state index in [-0.39, 0.29) is 5.97 Å². The van der Waals surface area contributed by atoms with Crippen molar-refractivity contribution in [1.82, 2.24) is 0 Å². The Kier molecular flexibility index (Phi) is 7.99.